The summed E-state index contributed by atoms with van der Waals surface area (Å²) in [5.41, 5.74) is 1.97. The second-order valence-electron chi connectivity index (χ2n) is 5.56. The Labute approximate surface area is 173 Å². The highest BCUT2D eigenvalue weighted by Crippen LogP contribution is 2.28. The molecule has 1 saturated heterocycles. The molecule has 0 aliphatic carbocycles. The largest absolute Gasteiger partial charge is 0.298 e. The third-order valence-electron chi connectivity index (χ3n) is 3.76. The Morgan fingerprint density at radius 3 is 2.50 bits per heavy atom. The van der Waals surface area contributed by atoms with E-state index in [4.69, 9.17) is 35.4 Å². The van der Waals surface area contributed by atoms with Crippen LogP contribution in [0.3, 0.4) is 0 Å². The van der Waals surface area contributed by atoms with Crippen LogP contribution in [0, 0.1) is 6.92 Å². The van der Waals surface area contributed by atoms with Crippen molar-refractivity contribution < 1.29 is 9.59 Å². The van der Waals surface area contributed by atoms with Crippen LogP contribution in [0.2, 0.25) is 10.0 Å². The van der Waals surface area contributed by atoms with Crippen LogP contribution >= 0.6 is 51.3 Å². The van der Waals surface area contributed by atoms with Crippen molar-refractivity contribution in [1.82, 2.24) is 5.32 Å². The van der Waals surface area contributed by atoms with E-state index < -0.39 is 11.8 Å². The number of thiocarbonyl (C=S) groups is 1. The second kappa shape index (κ2) is 7.48. The number of aryl methyl sites for hydroxylation is 1. The van der Waals surface area contributed by atoms with Gasteiger partial charge in [-0.3, -0.25) is 19.8 Å². The Hall–Kier alpha value is -1.73. The molecule has 2 aromatic carbocycles. The van der Waals surface area contributed by atoms with Gasteiger partial charge in [-0.25, -0.2) is 0 Å². The molecule has 2 amide bonds. The molecule has 0 bridgehead atoms. The molecule has 0 radical (unpaired) electrons. The molecule has 4 nitrogen and oxygen atoms in total. The minimum absolute atomic E-state index is 0.0386. The van der Waals surface area contributed by atoms with E-state index in [0.717, 1.165) is 10.0 Å². The Balaban J connectivity index is 2.05. The number of carbonyl (C=O) groups excluding carboxylic acids is 2. The average molecular weight is 470 g/mol. The van der Waals surface area contributed by atoms with Gasteiger partial charge < -0.3 is 0 Å². The number of benzene rings is 2. The van der Waals surface area contributed by atoms with Crippen LogP contribution < -0.4 is 10.2 Å². The Bertz CT molecular complexity index is 991. The molecule has 1 fully saturated rings. The molecule has 0 spiro atoms. The number of amides is 2. The smallest absolute Gasteiger partial charge is 0.270 e. The number of rotatable bonds is 2. The average Bonchev–Trinajstić information content (AvgIpc) is 2.56. The summed E-state index contributed by atoms with van der Waals surface area (Å²) < 4.78 is 0.879. The fourth-order valence-corrected chi connectivity index (χ4v) is 3.57. The first-order valence-electron chi connectivity index (χ1n) is 7.40. The summed E-state index contributed by atoms with van der Waals surface area (Å²) in [6.45, 7) is 1.86. The first-order chi connectivity index (χ1) is 12.3. The third kappa shape index (κ3) is 3.69. The van der Waals surface area contributed by atoms with Crippen LogP contribution in [-0.4, -0.2) is 16.9 Å². The summed E-state index contributed by atoms with van der Waals surface area (Å²) >= 11 is 20.5. The van der Waals surface area contributed by atoms with E-state index >= 15 is 0 Å². The number of nitrogens with zero attached hydrogens (tertiary/aromatic N) is 1. The van der Waals surface area contributed by atoms with Gasteiger partial charge in [-0.05, 0) is 66.7 Å². The van der Waals surface area contributed by atoms with Gasteiger partial charge in [-0.2, -0.15) is 0 Å². The monoisotopic (exact) mass is 468 g/mol. The van der Waals surface area contributed by atoms with Crippen LogP contribution in [0.25, 0.3) is 6.08 Å². The molecule has 26 heavy (non-hydrogen) atoms. The summed E-state index contributed by atoms with van der Waals surface area (Å²) in [5.74, 6) is -1.06. The molecular weight excluding hydrogens is 459 g/mol. The molecule has 0 unspecified atom stereocenters. The molecule has 0 atom stereocenters. The Morgan fingerprint density at radius 1 is 1.12 bits per heavy atom. The topological polar surface area (TPSA) is 49.4 Å². The van der Waals surface area contributed by atoms with Gasteiger partial charge in [0.25, 0.3) is 11.8 Å². The quantitative estimate of drug-likeness (QED) is 0.386. The number of hydrogen-bond donors (Lipinski definition) is 1. The molecule has 1 aliphatic rings. The van der Waals surface area contributed by atoms with E-state index in [0.29, 0.717) is 21.3 Å². The van der Waals surface area contributed by atoms with E-state index in [9.17, 15) is 9.59 Å². The zero-order valence-corrected chi connectivity index (χ0v) is 17.3. The molecule has 3 rings (SSSR count). The number of carbonyl (C=O) groups is 2. The van der Waals surface area contributed by atoms with Gasteiger partial charge in [-0.1, -0.05) is 45.2 Å². The molecule has 1 N–H and O–H groups in total. The van der Waals surface area contributed by atoms with E-state index in [1.54, 1.807) is 30.3 Å². The first kappa shape index (κ1) is 19.0. The number of nitrogens with one attached hydrogen (secondary N) is 1. The zero-order chi connectivity index (χ0) is 19.0. The van der Waals surface area contributed by atoms with Crippen molar-refractivity contribution in [3.63, 3.8) is 0 Å². The minimum atomic E-state index is -0.558. The summed E-state index contributed by atoms with van der Waals surface area (Å²) in [7, 11) is 0. The van der Waals surface area contributed by atoms with Crippen molar-refractivity contribution in [2.24, 2.45) is 0 Å². The van der Waals surface area contributed by atoms with Gasteiger partial charge in [0, 0.05) is 4.47 Å². The summed E-state index contributed by atoms with van der Waals surface area (Å²) in [6.07, 6.45) is 1.46. The molecular formula is C18H11BrCl2N2O2S. The predicted octanol–water partition coefficient (Wildman–Crippen LogP) is 4.90. The minimum Gasteiger partial charge on any atom is -0.298 e. The maximum Gasteiger partial charge on any atom is 0.270 e. The maximum atomic E-state index is 13.0. The van der Waals surface area contributed by atoms with Gasteiger partial charge in [-0.15, -0.1) is 0 Å². The van der Waals surface area contributed by atoms with Crippen LogP contribution in [0.4, 0.5) is 5.69 Å². The molecule has 1 heterocycles. The van der Waals surface area contributed by atoms with Crippen LogP contribution in [0.1, 0.15) is 11.1 Å². The summed E-state index contributed by atoms with van der Waals surface area (Å²) in [4.78, 5) is 26.6. The number of hydrogen-bond acceptors (Lipinski definition) is 3. The lowest BCUT2D eigenvalue weighted by atomic mass is 10.1. The van der Waals surface area contributed by atoms with E-state index in [2.05, 4.69) is 21.2 Å². The lowest BCUT2D eigenvalue weighted by molar-refractivity contribution is -0.122. The number of halogens is 3. The third-order valence-corrected chi connectivity index (χ3v) is 5.27. The molecule has 0 saturated carbocycles. The van der Waals surface area contributed by atoms with Gasteiger partial charge in [0.2, 0.25) is 0 Å². The zero-order valence-electron chi connectivity index (χ0n) is 13.3. The summed E-state index contributed by atoms with van der Waals surface area (Å²) in [6, 6.07) is 10.3. The lowest BCUT2D eigenvalue weighted by Gasteiger charge is -2.30. The van der Waals surface area contributed by atoms with Gasteiger partial charge in [0.15, 0.2) is 5.11 Å². The molecule has 0 aromatic heterocycles. The van der Waals surface area contributed by atoms with Gasteiger partial charge >= 0.3 is 0 Å². The number of anilines is 1. The highest BCUT2D eigenvalue weighted by Gasteiger charge is 2.35. The highest BCUT2D eigenvalue weighted by atomic mass is 79.9. The Morgan fingerprint density at radius 2 is 1.85 bits per heavy atom. The van der Waals surface area contributed by atoms with Crippen molar-refractivity contribution in [1.29, 1.82) is 0 Å². The van der Waals surface area contributed by atoms with Crippen molar-refractivity contribution >= 4 is 80.0 Å². The molecule has 8 heteroatoms. The van der Waals surface area contributed by atoms with Gasteiger partial charge in [0.05, 0.1) is 15.7 Å². The standard InChI is InChI=1S/C18H11BrCl2N2O2S/c1-9-6-11(19)3-5-15(9)23-17(25)12(16(24)22-18(23)26)7-10-2-4-13(20)14(21)8-10/h2-8H,1H3,(H,22,24,26)/b12-7+. The van der Waals surface area contributed by atoms with E-state index in [-0.39, 0.29) is 10.7 Å². The van der Waals surface area contributed by atoms with Crippen molar-refractivity contribution in [2.75, 3.05) is 4.90 Å². The highest BCUT2D eigenvalue weighted by molar-refractivity contribution is 9.10. The van der Waals surface area contributed by atoms with Gasteiger partial charge in [0.1, 0.15) is 5.57 Å². The Kier molecular flexibility index (Phi) is 5.48. The summed E-state index contributed by atoms with van der Waals surface area (Å²) in [5, 5.41) is 3.32. The van der Waals surface area contributed by atoms with E-state index in [1.165, 1.54) is 11.0 Å². The van der Waals surface area contributed by atoms with Crippen LogP contribution in [0.5, 0.6) is 0 Å². The normalized spacial score (nSPS) is 16.2. The van der Waals surface area contributed by atoms with Crippen LogP contribution in [0.15, 0.2) is 46.4 Å². The first-order valence-corrected chi connectivity index (χ1v) is 9.36. The molecule has 132 valence electrons. The molecule has 1 aliphatic heterocycles. The van der Waals surface area contributed by atoms with Crippen LogP contribution in [-0.2, 0) is 9.59 Å². The molecule has 2 aromatic rings. The van der Waals surface area contributed by atoms with Crippen molar-refractivity contribution in [3.8, 4) is 0 Å². The predicted molar refractivity (Wildman–Crippen MR) is 112 cm³/mol. The van der Waals surface area contributed by atoms with Crippen molar-refractivity contribution in [3.05, 3.63) is 67.6 Å². The maximum absolute atomic E-state index is 13.0. The lowest BCUT2D eigenvalue weighted by Crippen LogP contribution is -2.54. The second-order valence-corrected chi connectivity index (χ2v) is 7.68. The SMILES string of the molecule is Cc1cc(Br)ccc1N1C(=O)/C(=C/c2ccc(Cl)c(Cl)c2)C(=O)NC1=S. The fraction of sp³-hybridized carbons (Fsp3) is 0.0556. The fourth-order valence-electron chi connectivity index (χ4n) is 2.51. The van der Waals surface area contributed by atoms with E-state index in [1.807, 2.05) is 13.0 Å². The van der Waals surface area contributed by atoms with Crippen molar-refractivity contribution in [2.45, 2.75) is 6.92 Å².